The van der Waals surface area contributed by atoms with Crippen LogP contribution in [0.25, 0.3) is 0 Å². The van der Waals surface area contributed by atoms with Gasteiger partial charge in [-0.25, -0.2) is 0 Å². The molecule has 1 heterocycles. The Kier molecular flexibility index (Phi) is 4.25. The largest absolute Gasteiger partial charge is 0.484 e. The van der Waals surface area contributed by atoms with Gasteiger partial charge < -0.3 is 4.74 Å². The Labute approximate surface area is 131 Å². The zero-order chi connectivity index (χ0) is 15.5. The van der Waals surface area contributed by atoms with Gasteiger partial charge in [-0.3, -0.25) is 9.69 Å². The number of hydrogen-bond donors (Lipinski definition) is 0. The summed E-state index contributed by atoms with van der Waals surface area (Å²) in [5.41, 5.74) is 3.08. The maximum absolute atomic E-state index is 11.4. The van der Waals surface area contributed by atoms with E-state index in [0.717, 1.165) is 36.5 Å². The van der Waals surface area contributed by atoms with Crippen LogP contribution in [0.3, 0.4) is 0 Å². The molecule has 22 heavy (non-hydrogen) atoms. The minimum atomic E-state index is -0.00962. The monoisotopic (exact) mass is 295 g/mol. The van der Waals surface area contributed by atoms with Crippen molar-refractivity contribution in [2.75, 3.05) is 13.1 Å². The molecular weight excluding hydrogens is 274 g/mol. The van der Waals surface area contributed by atoms with Crippen LogP contribution >= 0.6 is 0 Å². The molecule has 1 aliphatic rings. The lowest BCUT2D eigenvalue weighted by Crippen LogP contribution is -2.27. The number of Topliss-reactive ketones (excluding diaryl/α,β-unsaturated/α-hetero) is 1. The lowest BCUT2D eigenvalue weighted by molar-refractivity contribution is 0.101. The summed E-state index contributed by atoms with van der Waals surface area (Å²) in [4.78, 5) is 13.8. The highest BCUT2D eigenvalue weighted by Gasteiger charge is 2.23. The van der Waals surface area contributed by atoms with Crippen LogP contribution in [0.15, 0.2) is 48.5 Å². The number of nitrogens with zero attached hydrogens (tertiary/aromatic N) is 1. The summed E-state index contributed by atoms with van der Waals surface area (Å²) in [6.07, 6.45) is -0.00962. The van der Waals surface area contributed by atoms with Crippen LogP contribution in [0.1, 0.15) is 41.4 Å². The molecular formula is C19H21NO2. The molecule has 0 fully saturated rings. The van der Waals surface area contributed by atoms with E-state index < -0.39 is 0 Å². The van der Waals surface area contributed by atoms with E-state index in [2.05, 4.69) is 24.0 Å². The van der Waals surface area contributed by atoms with E-state index in [9.17, 15) is 4.79 Å². The van der Waals surface area contributed by atoms with Crippen molar-refractivity contribution in [3.8, 4) is 5.75 Å². The van der Waals surface area contributed by atoms with Crippen molar-refractivity contribution in [2.24, 2.45) is 0 Å². The average molecular weight is 295 g/mol. The maximum atomic E-state index is 11.4. The van der Waals surface area contributed by atoms with Crippen molar-refractivity contribution >= 4 is 5.78 Å². The lowest BCUT2D eigenvalue weighted by atomic mass is 10.0. The summed E-state index contributed by atoms with van der Waals surface area (Å²) < 4.78 is 6.25. The molecule has 0 saturated carbocycles. The van der Waals surface area contributed by atoms with E-state index in [1.54, 1.807) is 6.92 Å². The fourth-order valence-electron chi connectivity index (χ4n) is 2.83. The summed E-state index contributed by atoms with van der Waals surface area (Å²) in [5.74, 6) is 1.05. The highest BCUT2D eigenvalue weighted by Crippen LogP contribution is 2.31. The molecule has 2 aromatic carbocycles. The molecule has 3 nitrogen and oxygen atoms in total. The molecule has 0 aromatic heterocycles. The number of likely N-dealkylation sites (N-methyl/N-ethyl adjacent to an activating group) is 1. The number of para-hydroxylation sites is 1. The molecule has 0 amide bonds. The fourth-order valence-corrected chi connectivity index (χ4v) is 2.83. The lowest BCUT2D eigenvalue weighted by Gasteiger charge is -2.23. The molecule has 0 spiro atoms. The van der Waals surface area contributed by atoms with Crippen LogP contribution in [0.5, 0.6) is 5.75 Å². The van der Waals surface area contributed by atoms with Gasteiger partial charge in [0.2, 0.25) is 0 Å². The first-order chi connectivity index (χ1) is 10.7. The molecule has 1 atom stereocenters. The third-order valence-corrected chi connectivity index (χ3v) is 4.20. The van der Waals surface area contributed by atoms with Crippen LogP contribution in [-0.2, 0) is 6.54 Å². The van der Waals surface area contributed by atoms with Gasteiger partial charge in [-0.1, -0.05) is 49.4 Å². The van der Waals surface area contributed by atoms with Gasteiger partial charge in [-0.05, 0) is 25.1 Å². The molecule has 3 heteroatoms. The predicted molar refractivity (Wildman–Crippen MR) is 87.2 cm³/mol. The third-order valence-electron chi connectivity index (χ3n) is 4.20. The quantitative estimate of drug-likeness (QED) is 0.806. The first-order valence-corrected chi connectivity index (χ1v) is 7.75. The van der Waals surface area contributed by atoms with Gasteiger partial charge in [0, 0.05) is 24.2 Å². The highest BCUT2D eigenvalue weighted by atomic mass is 16.5. The van der Waals surface area contributed by atoms with Crippen molar-refractivity contribution in [3.63, 3.8) is 0 Å². The second kappa shape index (κ2) is 6.32. The van der Waals surface area contributed by atoms with Crippen LogP contribution in [0.4, 0.5) is 0 Å². The second-order valence-corrected chi connectivity index (χ2v) is 5.72. The van der Waals surface area contributed by atoms with Crippen LogP contribution < -0.4 is 4.74 Å². The molecule has 1 aliphatic heterocycles. The first-order valence-electron chi connectivity index (χ1n) is 7.75. The zero-order valence-electron chi connectivity index (χ0n) is 13.1. The zero-order valence-corrected chi connectivity index (χ0v) is 13.1. The Bertz CT molecular complexity index is 663. The van der Waals surface area contributed by atoms with E-state index in [1.165, 1.54) is 5.56 Å². The van der Waals surface area contributed by atoms with E-state index in [0.29, 0.717) is 0 Å². The van der Waals surface area contributed by atoms with Gasteiger partial charge >= 0.3 is 0 Å². The van der Waals surface area contributed by atoms with Gasteiger partial charge in [0.15, 0.2) is 5.78 Å². The fraction of sp³-hybridized carbons (Fsp3) is 0.316. The Morgan fingerprint density at radius 3 is 2.59 bits per heavy atom. The Morgan fingerprint density at radius 1 is 1.18 bits per heavy atom. The smallest absolute Gasteiger partial charge is 0.159 e. The topological polar surface area (TPSA) is 29.5 Å². The summed E-state index contributed by atoms with van der Waals surface area (Å²) in [6, 6.07) is 16.0. The van der Waals surface area contributed by atoms with E-state index in [-0.39, 0.29) is 11.9 Å². The van der Waals surface area contributed by atoms with Crippen LogP contribution in [0, 0.1) is 0 Å². The number of ketones is 1. The van der Waals surface area contributed by atoms with Gasteiger partial charge in [0.25, 0.3) is 0 Å². The molecule has 1 unspecified atom stereocenters. The van der Waals surface area contributed by atoms with Crippen molar-refractivity contribution in [1.82, 2.24) is 4.90 Å². The predicted octanol–water partition coefficient (Wildman–Crippen LogP) is 3.84. The standard InChI is InChI=1S/C19H21NO2/c1-3-20-12-17-6-4-5-7-18(17)22-19(13-20)16-10-8-15(9-11-16)14(2)21/h4-11,19H,3,12-13H2,1-2H3. The third kappa shape index (κ3) is 3.04. The molecule has 0 N–H and O–H groups in total. The minimum Gasteiger partial charge on any atom is -0.484 e. The normalized spacial score (nSPS) is 18.2. The number of fused-ring (bicyclic) bond motifs is 1. The summed E-state index contributed by atoms with van der Waals surface area (Å²) >= 11 is 0. The first kappa shape index (κ1) is 14.8. The number of rotatable bonds is 3. The molecule has 0 radical (unpaired) electrons. The van der Waals surface area contributed by atoms with E-state index in [1.807, 2.05) is 36.4 Å². The van der Waals surface area contributed by atoms with E-state index >= 15 is 0 Å². The van der Waals surface area contributed by atoms with Crippen molar-refractivity contribution in [2.45, 2.75) is 26.5 Å². The number of ether oxygens (including phenoxy) is 1. The number of benzene rings is 2. The summed E-state index contributed by atoms with van der Waals surface area (Å²) in [7, 11) is 0. The molecule has 2 aromatic rings. The second-order valence-electron chi connectivity index (χ2n) is 5.72. The van der Waals surface area contributed by atoms with Crippen molar-refractivity contribution in [1.29, 1.82) is 0 Å². The maximum Gasteiger partial charge on any atom is 0.159 e. The van der Waals surface area contributed by atoms with Crippen LogP contribution in [-0.4, -0.2) is 23.8 Å². The van der Waals surface area contributed by atoms with E-state index in [4.69, 9.17) is 4.74 Å². The Balaban J connectivity index is 1.91. The van der Waals surface area contributed by atoms with Gasteiger partial charge in [-0.2, -0.15) is 0 Å². The SMILES string of the molecule is CCN1Cc2ccccc2OC(c2ccc(C(C)=O)cc2)C1. The molecule has 0 saturated heterocycles. The molecule has 3 rings (SSSR count). The molecule has 0 aliphatic carbocycles. The number of hydrogen-bond acceptors (Lipinski definition) is 3. The molecule has 0 bridgehead atoms. The summed E-state index contributed by atoms with van der Waals surface area (Å²) in [6.45, 7) is 6.51. The Morgan fingerprint density at radius 2 is 1.91 bits per heavy atom. The van der Waals surface area contributed by atoms with Crippen molar-refractivity contribution < 1.29 is 9.53 Å². The van der Waals surface area contributed by atoms with Gasteiger partial charge in [-0.15, -0.1) is 0 Å². The molecule has 114 valence electrons. The van der Waals surface area contributed by atoms with Gasteiger partial charge in [0.1, 0.15) is 11.9 Å². The van der Waals surface area contributed by atoms with Crippen LogP contribution in [0.2, 0.25) is 0 Å². The summed E-state index contributed by atoms with van der Waals surface area (Å²) in [5, 5.41) is 0. The average Bonchev–Trinajstić information content (AvgIpc) is 2.74. The van der Waals surface area contributed by atoms with Crippen molar-refractivity contribution in [3.05, 3.63) is 65.2 Å². The Hall–Kier alpha value is -2.13. The highest BCUT2D eigenvalue weighted by molar-refractivity contribution is 5.94. The number of carbonyl (C=O) groups excluding carboxylic acids is 1. The van der Waals surface area contributed by atoms with Gasteiger partial charge in [0.05, 0.1) is 0 Å². The number of carbonyl (C=O) groups is 1. The minimum absolute atomic E-state index is 0.00962.